The lowest BCUT2D eigenvalue weighted by Gasteiger charge is -2.08. The first kappa shape index (κ1) is 11.4. The highest BCUT2D eigenvalue weighted by atomic mass is 19.4. The SMILES string of the molecule is FC(F)(F)c1ccnc(NCc2ccon2)c1. The van der Waals surface area contributed by atoms with E-state index in [2.05, 4.69) is 20.0 Å². The maximum absolute atomic E-state index is 12.4. The molecule has 1 N–H and O–H groups in total. The smallest absolute Gasteiger partial charge is 0.364 e. The Labute approximate surface area is 94.4 Å². The van der Waals surface area contributed by atoms with Gasteiger partial charge in [0.2, 0.25) is 0 Å². The zero-order chi connectivity index (χ0) is 12.3. The van der Waals surface area contributed by atoms with E-state index < -0.39 is 11.7 Å². The van der Waals surface area contributed by atoms with E-state index in [-0.39, 0.29) is 12.4 Å². The van der Waals surface area contributed by atoms with E-state index in [4.69, 9.17) is 0 Å². The van der Waals surface area contributed by atoms with Crippen molar-refractivity contribution in [1.29, 1.82) is 0 Å². The molecule has 2 rings (SSSR count). The number of hydrogen-bond acceptors (Lipinski definition) is 4. The van der Waals surface area contributed by atoms with Gasteiger partial charge in [0.1, 0.15) is 17.8 Å². The number of aromatic nitrogens is 2. The third-order valence-corrected chi connectivity index (χ3v) is 2.03. The molecule has 2 heterocycles. The topological polar surface area (TPSA) is 51.0 Å². The van der Waals surface area contributed by atoms with Gasteiger partial charge in [-0.1, -0.05) is 5.16 Å². The Morgan fingerprint density at radius 3 is 2.76 bits per heavy atom. The summed E-state index contributed by atoms with van der Waals surface area (Å²) in [4.78, 5) is 3.78. The van der Waals surface area contributed by atoms with Gasteiger partial charge >= 0.3 is 6.18 Å². The molecule has 90 valence electrons. The Morgan fingerprint density at radius 2 is 2.12 bits per heavy atom. The Balaban J connectivity index is 2.07. The maximum Gasteiger partial charge on any atom is 0.416 e. The number of nitrogens with zero attached hydrogens (tertiary/aromatic N) is 2. The van der Waals surface area contributed by atoms with Crippen LogP contribution in [0.15, 0.2) is 35.2 Å². The highest BCUT2D eigenvalue weighted by molar-refractivity contribution is 5.38. The number of hydrogen-bond donors (Lipinski definition) is 1. The standard InChI is InChI=1S/C10H8F3N3O/c11-10(12,13)7-1-3-14-9(5-7)15-6-8-2-4-17-16-8/h1-5H,6H2,(H,14,15). The first-order valence-corrected chi connectivity index (χ1v) is 4.72. The van der Waals surface area contributed by atoms with Gasteiger partial charge in [-0.3, -0.25) is 0 Å². The van der Waals surface area contributed by atoms with Crippen LogP contribution in [0.3, 0.4) is 0 Å². The average Bonchev–Trinajstić information content (AvgIpc) is 2.78. The summed E-state index contributed by atoms with van der Waals surface area (Å²) in [6, 6.07) is 3.47. The first-order valence-electron chi connectivity index (χ1n) is 4.72. The number of halogens is 3. The third kappa shape index (κ3) is 2.96. The van der Waals surface area contributed by atoms with Gasteiger partial charge in [-0.2, -0.15) is 13.2 Å². The molecule has 0 saturated heterocycles. The van der Waals surface area contributed by atoms with Crippen LogP contribution in [-0.4, -0.2) is 10.1 Å². The van der Waals surface area contributed by atoms with Crippen LogP contribution in [0.1, 0.15) is 11.3 Å². The molecule has 0 aliphatic heterocycles. The fourth-order valence-corrected chi connectivity index (χ4v) is 1.21. The zero-order valence-electron chi connectivity index (χ0n) is 8.53. The highest BCUT2D eigenvalue weighted by Gasteiger charge is 2.30. The minimum absolute atomic E-state index is 0.142. The van der Waals surface area contributed by atoms with Crippen LogP contribution in [0.25, 0.3) is 0 Å². The summed E-state index contributed by atoms with van der Waals surface area (Å²) >= 11 is 0. The molecule has 0 aromatic carbocycles. The lowest BCUT2D eigenvalue weighted by Crippen LogP contribution is -2.07. The van der Waals surface area contributed by atoms with Crippen molar-refractivity contribution < 1.29 is 17.7 Å². The van der Waals surface area contributed by atoms with Crippen LogP contribution in [-0.2, 0) is 12.7 Å². The summed E-state index contributed by atoms with van der Waals surface area (Å²) < 4.78 is 41.8. The number of rotatable bonds is 3. The lowest BCUT2D eigenvalue weighted by molar-refractivity contribution is -0.137. The third-order valence-electron chi connectivity index (χ3n) is 2.03. The molecule has 2 aromatic heterocycles. The molecule has 0 bridgehead atoms. The van der Waals surface area contributed by atoms with Gasteiger partial charge in [0.05, 0.1) is 12.1 Å². The summed E-state index contributed by atoms with van der Waals surface area (Å²) in [5.74, 6) is 0.142. The lowest BCUT2D eigenvalue weighted by atomic mass is 10.2. The van der Waals surface area contributed by atoms with Crippen LogP contribution in [0.4, 0.5) is 19.0 Å². The van der Waals surface area contributed by atoms with E-state index in [0.29, 0.717) is 5.69 Å². The summed E-state index contributed by atoms with van der Waals surface area (Å²) in [7, 11) is 0. The predicted octanol–water partition coefficient (Wildman–Crippen LogP) is 2.70. The monoisotopic (exact) mass is 243 g/mol. The number of pyridine rings is 1. The molecular formula is C10H8F3N3O. The van der Waals surface area contributed by atoms with Gasteiger partial charge in [-0.15, -0.1) is 0 Å². The van der Waals surface area contributed by atoms with E-state index in [1.54, 1.807) is 6.07 Å². The van der Waals surface area contributed by atoms with Crippen molar-refractivity contribution in [2.75, 3.05) is 5.32 Å². The molecule has 0 radical (unpaired) electrons. The molecule has 0 aliphatic carbocycles. The molecule has 0 aliphatic rings. The normalized spacial score (nSPS) is 11.5. The first-order chi connectivity index (χ1) is 8.05. The largest absolute Gasteiger partial charge is 0.416 e. The van der Waals surface area contributed by atoms with Gasteiger partial charge < -0.3 is 9.84 Å². The second-order valence-corrected chi connectivity index (χ2v) is 3.27. The van der Waals surface area contributed by atoms with E-state index in [1.165, 1.54) is 6.26 Å². The number of alkyl halides is 3. The molecule has 2 aromatic rings. The van der Waals surface area contributed by atoms with Gasteiger partial charge in [-0.05, 0) is 12.1 Å². The molecule has 4 nitrogen and oxygen atoms in total. The van der Waals surface area contributed by atoms with Crippen LogP contribution in [0.2, 0.25) is 0 Å². The quantitative estimate of drug-likeness (QED) is 0.900. The highest BCUT2D eigenvalue weighted by Crippen LogP contribution is 2.29. The molecule has 0 amide bonds. The molecule has 0 spiro atoms. The summed E-state index contributed by atoms with van der Waals surface area (Å²) in [5.41, 5.74) is -0.153. The van der Waals surface area contributed by atoms with Crippen LogP contribution in [0, 0.1) is 0 Å². The van der Waals surface area contributed by atoms with Crippen molar-refractivity contribution in [1.82, 2.24) is 10.1 Å². The minimum atomic E-state index is -4.37. The Kier molecular flexibility index (Phi) is 2.99. The van der Waals surface area contributed by atoms with Gasteiger partial charge in [-0.25, -0.2) is 4.98 Å². The summed E-state index contributed by atoms with van der Waals surface area (Å²) in [5, 5.41) is 6.34. The van der Waals surface area contributed by atoms with Crippen molar-refractivity contribution in [3.05, 3.63) is 41.9 Å². The summed E-state index contributed by atoms with van der Waals surface area (Å²) in [6.07, 6.45) is -1.88. The molecule has 17 heavy (non-hydrogen) atoms. The predicted molar refractivity (Wildman–Crippen MR) is 53.1 cm³/mol. The number of nitrogens with one attached hydrogen (secondary N) is 1. The molecule has 0 unspecified atom stereocenters. The molecule has 0 atom stereocenters. The fraction of sp³-hybridized carbons (Fsp3) is 0.200. The van der Waals surface area contributed by atoms with Crippen molar-refractivity contribution >= 4 is 5.82 Å². The second kappa shape index (κ2) is 4.44. The Bertz CT molecular complexity index is 482. The van der Waals surface area contributed by atoms with E-state index >= 15 is 0 Å². The van der Waals surface area contributed by atoms with E-state index in [9.17, 15) is 13.2 Å². The Morgan fingerprint density at radius 1 is 1.29 bits per heavy atom. The zero-order valence-corrected chi connectivity index (χ0v) is 8.53. The van der Waals surface area contributed by atoms with E-state index in [1.807, 2.05) is 0 Å². The van der Waals surface area contributed by atoms with Crippen molar-refractivity contribution in [2.45, 2.75) is 12.7 Å². The molecule has 0 fully saturated rings. The van der Waals surface area contributed by atoms with Gasteiger partial charge in [0.25, 0.3) is 0 Å². The van der Waals surface area contributed by atoms with Crippen molar-refractivity contribution in [3.63, 3.8) is 0 Å². The van der Waals surface area contributed by atoms with E-state index in [0.717, 1.165) is 18.3 Å². The van der Waals surface area contributed by atoms with Crippen LogP contribution >= 0.6 is 0 Å². The van der Waals surface area contributed by atoms with Crippen LogP contribution in [0.5, 0.6) is 0 Å². The molecule has 7 heteroatoms. The van der Waals surface area contributed by atoms with Gasteiger partial charge in [0, 0.05) is 12.3 Å². The fourth-order valence-electron chi connectivity index (χ4n) is 1.21. The van der Waals surface area contributed by atoms with Crippen LogP contribution < -0.4 is 5.32 Å². The van der Waals surface area contributed by atoms with Crippen molar-refractivity contribution in [2.24, 2.45) is 0 Å². The minimum Gasteiger partial charge on any atom is -0.364 e. The maximum atomic E-state index is 12.4. The second-order valence-electron chi connectivity index (χ2n) is 3.27. The Hall–Kier alpha value is -2.05. The average molecular weight is 243 g/mol. The number of anilines is 1. The summed E-state index contributed by atoms with van der Waals surface area (Å²) in [6.45, 7) is 0.255. The van der Waals surface area contributed by atoms with Crippen molar-refractivity contribution in [3.8, 4) is 0 Å². The molecule has 0 saturated carbocycles. The molecular weight excluding hydrogens is 235 g/mol. The van der Waals surface area contributed by atoms with Gasteiger partial charge in [0.15, 0.2) is 0 Å².